The predicted molar refractivity (Wildman–Crippen MR) is 356 cm³/mol. The van der Waals surface area contributed by atoms with Crippen molar-refractivity contribution in [2.24, 2.45) is 0 Å². The molecule has 0 amide bonds. The number of hydrogen-bond acceptors (Lipinski definition) is 12. The number of fused-ring (bicyclic) bond motifs is 12. The summed E-state index contributed by atoms with van der Waals surface area (Å²) in [4.78, 5) is 29.6. The van der Waals surface area contributed by atoms with Gasteiger partial charge in [0.2, 0.25) is 0 Å². The van der Waals surface area contributed by atoms with Crippen molar-refractivity contribution >= 4 is 112 Å². The number of benzene rings is 10. The number of para-hydroxylation sites is 2. The summed E-state index contributed by atoms with van der Waals surface area (Å²) in [6, 6.07) is 72.0. The van der Waals surface area contributed by atoms with Gasteiger partial charge in [-0.1, -0.05) is 148 Å². The van der Waals surface area contributed by atoms with Gasteiger partial charge < -0.3 is 27.0 Å². The van der Waals surface area contributed by atoms with E-state index in [1.165, 1.54) is 0 Å². The van der Waals surface area contributed by atoms with Crippen molar-refractivity contribution in [2.45, 2.75) is 53.8 Å². The standard InChI is InChI=1S/C39H30BN3O4.C33H18ClN3O2.2CH4/c1-38(2)39(3,4)47-40(46-38)26-16-19-33-30(22-26)28-17-14-25(21-34(28)45-33)37-42-35(23-10-6-5-7-11-23)41-36(43-37)24-15-18-32-29(20-24)27-12-8-9-13-31(27)44-32;34-22-12-15-29-26(18-22)24-13-10-21(17-30(24)39-29)33-36-31(19-6-2-1-3-7-19)35-32(37-33)20-11-14-28-25(16-20)23-8-4-5-9-27(23)38-28;;/h5-22H,1-4H3;1-18H;2*1H4. The third-order valence-corrected chi connectivity index (χ3v) is 16.8. The molecule has 0 saturated carbocycles. The zero-order valence-electron chi connectivity index (χ0n) is 46.9. The summed E-state index contributed by atoms with van der Waals surface area (Å²) in [6.45, 7) is 8.25. The smallest absolute Gasteiger partial charge is 0.456 e. The number of furan rings is 4. The van der Waals surface area contributed by atoms with E-state index in [0.29, 0.717) is 40.0 Å². The Hall–Kier alpha value is -10.3. The fourth-order valence-electron chi connectivity index (χ4n) is 11.4. The molecule has 10 aromatic carbocycles. The number of aromatic nitrogens is 6. The first-order chi connectivity index (χ1) is 41.9. The molecule has 1 fully saturated rings. The van der Waals surface area contributed by atoms with Gasteiger partial charge in [0, 0.05) is 81.5 Å². The maximum absolute atomic E-state index is 6.36. The van der Waals surface area contributed by atoms with Gasteiger partial charge in [-0.25, -0.2) is 29.9 Å². The molecule has 1 aliphatic rings. The summed E-state index contributed by atoms with van der Waals surface area (Å²) in [7, 11) is -0.451. The van der Waals surface area contributed by atoms with Gasteiger partial charge in [0.25, 0.3) is 0 Å². The maximum atomic E-state index is 6.36. The highest BCUT2D eigenvalue weighted by atomic mass is 35.5. The minimum atomic E-state index is -0.451. The molecule has 0 atom stereocenters. The normalized spacial score (nSPS) is 13.6. The van der Waals surface area contributed by atoms with E-state index in [4.69, 9.17) is 68.5 Å². The molecule has 0 bridgehead atoms. The quantitative estimate of drug-likeness (QED) is 0.140. The minimum Gasteiger partial charge on any atom is -0.456 e. The van der Waals surface area contributed by atoms with Crippen LogP contribution in [0.1, 0.15) is 42.5 Å². The van der Waals surface area contributed by atoms with Gasteiger partial charge in [0.05, 0.1) is 11.2 Å². The Morgan fingerprint density at radius 3 is 1.06 bits per heavy atom. The Morgan fingerprint density at radius 2 is 0.602 bits per heavy atom. The summed E-state index contributed by atoms with van der Waals surface area (Å²) in [5.41, 5.74) is 11.8. The second kappa shape index (κ2) is 21.6. The van der Waals surface area contributed by atoms with Gasteiger partial charge in [0.1, 0.15) is 44.7 Å². The molecule has 17 rings (SSSR count). The lowest BCUT2D eigenvalue weighted by Crippen LogP contribution is -2.41. The third kappa shape index (κ3) is 9.70. The van der Waals surface area contributed by atoms with Gasteiger partial charge in [-0.15, -0.1) is 0 Å². The van der Waals surface area contributed by atoms with Crippen LogP contribution < -0.4 is 5.46 Å². The van der Waals surface area contributed by atoms with E-state index in [2.05, 4.69) is 64.1 Å². The molecule has 1 saturated heterocycles. The predicted octanol–water partition coefficient (Wildman–Crippen LogP) is 19.6. The topological polar surface area (TPSA) is 148 Å². The van der Waals surface area contributed by atoms with Crippen molar-refractivity contribution in [3.8, 4) is 68.3 Å². The molecular formula is C74H56BClN6O6. The zero-order valence-corrected chi connectivity index (χ0v) is 47.6. The lowest BCUT2D eigenvalue weighted by molar-refractivity contribution is 0.00578. The van der Waals surface area contributed by atoms with E-state index in [1.54, 1.807) is 0 Å². The highest BCUT2D eigenvalue weighted by Gasteiger charge is 2.51. The van der Waals surface area contributed by atoms with Crippen LogP contribution >= 0.6 is 11.6 Å². The number of nitrogens with zero attached hydrogens (tertiary/aromatic N) is 6. The Labute approximate surface area is 511 Å². The van der Waals surface area contributed by atoms with E-state index in [0.717, 1.165) is 127 Å². The highest BCUT2D eigenvalue weighted by Crippen LogP contribution is 2.40. The summed E-state index contributed by atoms with van der Waals surface area (Å²) in [5, 5.41) is 8.79. The van der Waals surface area contributed by atoms with Crippen LogP contribution in [0, 0.1) is 0 Å². The molecule has 1 aliphatic heterocycles. The van der Waals surface area contributed by atoms with Gasteiger partial charge in [-0.3, -0.25) is 0 Å². The van der Waals surface area contributed by atoms with Gasteiger partial charge in [0.15, 0.2) is 34.9 Å². The summed E-state index contributed by atoms with van der Waals surface area (Å²) in [6.07, 6.45) is 0. The van der Waals surface area contributed by atoms with Gasteiger partial charge in [-0.05, 0) is 130 Å². The largest absolute Gasteiger partial charge is 0.494 e. The number of halogens is 1. The maximum Gasteiger partial charge on any atom is 0.494 e. The first kappa shape index (κ1) is 55.6. The molecule has 0 aliphatic carbocycles. The van der Waals surface area contributed by atoms with E-state index < -0.39 is 18.3 Å². The van der Waals surface area contributed by atoms with Crippen LogP contribution in [0.5, 0.6) is 0 Å². The fraction of sp³-hybridized carbons (Fsp3) is 0.108. The molecule has 7 heterocycles. The van der Waals surface area contributed by atoms with Crippen LogP contribution in [-0.4, -0.2) is 48.2 Å². The Bertz CT molecular complexity index is 5350. The second-order valence-corrected chi connectivity index (χ2v) is 23.0. The molecule has 0 unspecified atom stereocenters. The van der Waals surface area contributed by atoms with Crippen LogP contribution in [0.15, 0.2) is 236 Å². The average Bonchev–Trinajstić information content (AvgIpc) is 1.88. The minimum absolute atomic E-state index is 0. The first-order valence-corrected chi connectivity index (χ1v) is 28.7. The van der Waals surface area contributed by atoms with Crippen LogP contribution in [-0.2, 0) is 9.31 Å². The van der Waals surface area contributed by atoms with E-state index in [-0.39, 0.29) is 14.9 Å². The number of hydrogen-bond donors (Lipinski definition) is 0. The Morgan fingerprint density at radius 1 is 0.284 bits per heavy atom. The van der Waals surface area contributed by atoms with Gasteiger partial charge >= 0.3 is 7.12 Å². The molecule has 12 nitrogen and oxygen atoms in total. The molecule has 428 valence electrons. The SMILES string of the molecule is C.C.CC1(C)OB(c2ccc3oc4cc(-c5nc(-c6ccccc6)nc(-c6ccc7oc8ccccc8c7c6)n5)ccc4c3c2)OC1(C)C.Clc1ccc2oc3cc(-c4nc(-c5ccccc5)nc(-c5ccc6oc7ccccc7c6c5)n4)ccc3c2c1. The molecule has 16 aromatic rings. The van der Waals surface area contributed by atoms with Crippen molar-refractivity contribution in [1.82, 2.24) is 29.9 Å². The highest BCUT2D eigenvalue weighted by molar-refractivity contribution is 6.62. The molecule has 0 radical (unpaired) electrons. The molecule has 6 aromatic heterocycles. The molecule has 0 N–H and O–H groups in total. The monoisotopic (exact) mass is 1170 g/mol. The zero-order chi connectivity index (χ0) is 57.8. The van der Waals surface area contributed by atoms with Crippen LogP contribution in [0.25, 0.3) is 156 Å². The lowest BCUT2D eigenvalue weighted by atomic mass is 9.78. The van der Waals surface area contributed by atoms with Gasteiger partial charge in [-0.2, -0.15) is 0 Å². The molecule has 14 heteroatoms. The van der Waals surface area contributed by atoms with E-state index in [1.807, 2.05) is 182 Å². The van der Waals surface area contributed by atoms with E-state index >= 15 is 0 Å². The molecular weight excluding hydrogens is 1120 g/mol. The summed E-state index contributed by atoms with van der Waals surface area (Å²) < 4.78 is 37.2. The average molecular weight is 1170 g/mol. The number of rotatable bonds is 7. The van der Waals surface area contributed by atoms with Crippen LogP contribution in [0.3, 0.4) is 0 Å². The van der Waals surface area contributed by atoms with Crippen LogP contribution in [0.4, 0.5) is 0 Å². The fourth-order valence-corrected chi connectivity index (χ4v) is 11.6. The Kier molecular flexibility index (Phi) is 13.6. The second-order valence-electron chi connectivity index (χ2n) is 22.6. The molecule has 88 heavy (non-hydrogen) atoms. The van der Waals surface area contributed by atoms with Crippen molar-refractivity contribution in [2.75, 3.05) is 0 Å². The van der Waals surface area contributed by atoms with Crippen LogP contribution in [0.2, 0.25) is 5.02 Å². The Balaban J connectivity index is 0.000000154. The lowest BCUT2D eigenvalue weighted by Gasteiger charge is -2.32. The van der Waals surface area contributed by atoms with E-state index in [9.17, 15) is 0 Å². The first-order valence-electron chi connectivity index (χ1n) is 28.3. The van der Waals surface area contributed by atoms with Crippen molar-refractivity contribution in [3.63, 3.8) is 0 Å². The van der Waals surface area contributed by atoms with Crippen molar-refractivity contribution in [3.05, 3.63) is 223 Å². The summed E-state index contributed by atoms with van der Waals surface area (Å²) >= 11 is 6.24. The van der Waals surface area contributed by atoms with Crippen molar-refractivity contribution in [1.29, 1.82) is 0 Å². The summed E-state index contributed by atoms with van der Waals surface area (Å²) in [5.74, 6) is 3.49. The third-order valence-electron chi connectivity index (χ3n) is 16.6. The molecule has 0 spiro atoms. The van der Waals surface area contributed by atoms with Crippen molar-refractivity contribution < 1.29 is 27.0 Å².